The van der Waals surface area contributed by atoms with Gasteiger partial charge < -0.3 is 40.2 Å². The van der Waals surface area contributed by atoms with Gasteiger partial charge >= 0.3 is 9.39 Å². The Morgan fingerprint density at radius 3 is 1.09 bits per heavy atom. The Kier molecular flexibility index (Phi) is 12.9. The number of halogens is 4. The fourth-order valence-corrected chi connectivity index (χ4v) is 18.9. The first-order valence-corrected chi connectivity index (χ1v) is 23.2. The lowest BCUT2D eigenvalue weighted by Crippen LogP contribution is -2.53. The summed E-state index contributed by atoms with van der Waals surface area (Å²) in [7, 11) is 15.5. The maximum absolute atomic E-state index is 4.99. The van der Waals surface area contributed by atoms with Gasteiger partial charge in [-0.05, 0) is 27.7 Å². The molecule has 0 aromatic carbocycles. The highest BCUT2D eigenvalue weighted by Crippen LogP contribution is 2.40. The van der Waals surface area contributed by atoms with Crippen LogP contribution in [0.15, 0.2) is 0 Å². The fraction of sp³-hybridized carbons (Fsp3) is 1.00. The van der Waals surface area contributed by atoms with Crippen molar-refractivity contribution >= 4 is 74.5 Å². The van der Waals surface area contributed by atoms with E-state index in [0.29, 0.717) is 20.8 Å². The molecule has 0 bridgehead atoms. The van der Waals surface area contributed by atoms with Gasteiger partial charge in [0.25, 0.3) is 0 Å². The summed E-state index contributed by atoms with van der Waals surface area (Å²) in [5.74, 6) is 0. The molecule has 0 heterocycles. The lowest BCUT2D eigenvalue weighted by atomic mass is 10.3. The second-order valence-electron chi connectivity index (χ2n) is 8.49. The minimum Gasteiger partial charge on any atom is -0.391 e. The van der Waals surface area contributed by atoms with Crippen molar-refractivity contribution in [3.05, 3.63) is 0 Å². The van der Waals surface area contributed by atoms with Crippen LogP contribution >= 0.6 is 48.9 Å². The van der Waals surface area contributed by atoms with Gasteiger partial charge in [-0.2, -0.15) is 4.67 Å². The van der Waals surface area contributed by atoms with E-state index in [2.05, 4.69) is 71.6 Å². The number of nitrogens with zero attached hydrogens (tertiary/aromatic N) is 1. The predicted octanol–water partition coefficient (Wildman–Crippen LogP) is 6.93. The monoisotopic (exact) mass is 459 g/mol. The molecule has 0 aliphatic heterocycles. The van der Waals surface area contributed by atoms with E-state index in [1.165, 1.54) is 0 Å². The zero-order chi connectivity index (χ0) is 18.5. The molecule has 0 saturated heterocycles. The normalized spacial score (nSPS) is 14.5. The minimum atomic E-state index is -2.94. The summed E-state index contributed by atoms with van der Waals surface area (Å²) in [6.45, 7) is 24.9. The number of hydrogen-bond donors (Lipinski definition) is 0. The maximum Gasteiger partial charge on any atom is 0.564 e. The van der Waals surface area contributed by atoms with Crippen LogP contribution in [0.25, 0.3) is 0 Å². The molecule has 1 unspecified atom stereocenters. The van der Waals surface area contributed by atoms with Crippen molar-refractivity contribution < 1.29 is 0 Å². The second-order valence-corrected chi connectivity index (χ2v) is 35.5. The van der Waals surface area contributed by atoms with Gasteiger partial charge in [0.05, 0.1) is 29.8 Å². The van der Waals surface area contributed by atoms with Crippen LogP contribution < -0.4 is 0 Å². The second kappa shape index (κ2) is 10.6. The van der Waals surface area contributed by atoms with Crippen molar-refractivity contribution in [1.82, 2.24) is 4.67 Å². The lowest BCUT2D eigenvalue weighted by molar-refractivity contribution is 0.329. The molecule has 0 fully saturated rings. The summed E-state index contributed by atoms with van der Waals surface area (Å²) in [5, 5.41) is 0. The van der Waals surface area contributed by atoms with Gasteiger partial charge in [-0.1, -0.05) is 39.3 Å². The number of rotatable bonds is 6. The molecule has 0 saturated carbocycles. The van der Waals surface area contributed by atoms with Crippen molar-refractivity contribution in [2.75, 3.05) is 0 Å². The highest BCUT2D eigenvalue weighted by Gasteiger charge is 2.44. The minimum absolute atomic E-state index is 0.464. The summed E-state index contributed by atoms with van der Waals surface area (Å²) < 4.78 is 2.78. The smallest absolute Gasteiger partial charge is 0.391 e. The molecule has 0 rings (SSSR count). The molecular formula is C13H35AlCl4NPSi2. The highest BCUT2D eigenvalue weighted by molar-refractivity contribution is 7.81. The Hall–Kier alpha value is 2.52. The predicted molar refractivity (Wildman–Crippen MR) is 121 cm³/mol. The summed E-state index contributed by atoms with van der Waals surface area (Å²) in [5.41, 5.74) is 0. The van der Waals surface area contributed by atoms with Crippen molar-refractivity contribution in [3.63, 3.8) is 0 Å². The highest BCUT2D eigenvalue weighted by atomic mass is 35.9. The molecular weight excluding hydrogens is 426 g/mol. The number of hydrogen-bond acceptors (Lipinski definition) is 1. The van der Waals surface area contributed by atoms with Crippen molar-refractivity contribution in [2.45, 2.75) is 84.0 Å². The third kappa shape index (κ3) is 14.8. The molecule has 0 spiro atoms. The zero-order valence-corrected chi connectivity index (χ0v) is 23.2. The van der Waals surface area contributed by atoms with E-state index in [4.69, 9.17) is 40.2 Å². The van der Waals surface area contributed by atoms with Gasteiger partial charge in [0.15, 0.2) is 0 Å². The first-order valence-electron chi connectivity index (χ1n) is 7.87. The Bertz CT molecular complexity index is 287. The van der Waals surface area contributed by atoms with Gasteiger partial charge in [-0.15, -0.1) is 0 Å². The van der Waals surface area contributed by atoms with E-state index < -0.39 is 25.5 Å². The van der Waals surface area contributed by atoms with Crippen LogP contribution in [0.1, 0.15) is 27.7 Å². The average molecular weight is 461 g/mol. The van der Waals surface area contributed by atoms with Crippen LogP contribution in [-0.2, 0) is 0 Å². The van der Waals surface area contributed by atoms with Gasteiger partial charge in [0.2, 0.25) is 0 Å². The van der Waals surface area contributed by atoms with E-state index in [1.807, 2.05) is 0 Å². The molecule has 0 N–H and O–H groups in total. The van der Waals surface area contributed by atoms with Crippen LogP contribution in [0.3, 0.4) is 0 Å². The lowest BCUT2D eigenvalue weighted by Gasteiger charge is -2.38. The van der Waals surface area contributed by atoms with E-state index in [0.717, 1.165) is 4.91 Å². The molecule has 0 aliphatic rings. The molecule has 1 nitrogen and oxygen atoms in total. The summed E-state index contributed by atoms with van der Waals surface area (Å²) in [4.78, 5) is 1.07. The summed E-state index contributed by atoms with van der Waals surface area (Å²) in [6.07, 6.45) is 0. The fourth-order valence-electron chi connectivity index (χ4n) is 2.86. The van der Waals surface area contributed by atoms with Crippen molar-refractivity contribution in [3.8, 4) is 0 Å². The summed E-state index contributed by atoms with van der Waals surface area (Å²) in [6, 6.07) is 1.42. The van der Waals surface area contributed by atoms with E-state index >= 15 is 0 Å². The van der Waals surface area contributed by atoms with Crippen molar-refractivity contribution in [1.29, 1.82) is 0 Å². The third-order valence-electron chi connectivity index (χ3n) is 3.38. The Balaban J connectivity index is 0. The van der Waals surface area contributed by atoms with Gasteiger partial charge in [-0.3, -0.25) is 0 Å². The van der Waals surface area contributed by atoms with Crippen LogP contribution in [0.5, 0.6) is 0 Å². The molecule has 0 amide bonds. The zero-order valence-electron chi connectivity index (χ0n) is 15.8. The quantitative estimate of drug-likeness (QED) is 0.306. The first kappa shape index (κ1) is 26.7. The third-order valence-corrected chi connectivity index (χ3v) is 21.0. The van der Waals surface area contributed by atoms with Gasteiger partial charge in [0, 0.05) is 12.1 Å². The van der Waals surface area contributed by atoms with Gasteiger partial charge in [-0.25, -0.2) is 0 Å². The first-order chi connectivity index (χ1) is 9.37. The molecule has 9 heteroatoms. The largest absolute Gasteiger partial charge is 0.564 e. The maximum atomic E-state index is 4.99. The SMILES string of the molecule is CC(C)N([PH2+]C([Si](C)(C)C)[Si](C)(C)C)C(C)C.[Cl][Al-]([Cl])([Cl])[Cl]. The van der Waals surface area contributed by atoms with Gasteiger partial charge in [0.1, 0.15) is 0 Å². The topological polar surface area (TPSA) is 3.24 Å². The molecule has 1 atom stereocenters. The van der Waals surface area contributed by atoms with Crippen LogP contribution in [0.2, 0.25) is 39.3 Å². The van der Waals surface area contributed by atoms with E-state index in [1.54, 1.807) is 0 Å². The van der Waals surface area contributed by atoms with Crippen LogP contribution in [-0.4, -0.2) is 47.2 Å². The Morgan fingerprint density at radius 1 is 0.727 bits per heavy atom. The average Bonchev–Trinajstić information content (AvgIpc) is 2.08. The van der Waals surface area contributed by atoms with Crippen LogP contribution in [0, 0.1) is 0 Å². The Labute approximate surface area is 162 Å². The molecule has 0 aliphatic carbocycles. The molecule has 0 aromatic heterocycles. The van der Waals surface area contributed by atoms with E-state index in [-0.39, 0.29) is 0 Å². The molecule has 136 valence electrons. The van der Waals surface area contributed by atoms with E-state index in [9.17, 15) is 0 Å². The van der Waals surface area contributed by atoms with Crippen molar-refractivity contribution in [2.24, 2.45) is 0 Å². The molecule has 0 radical (unpaired) electrons. The summed E-state index contributed by atoms with van der Waals surface area (Å²) >= 11 is 0. The van der Waals surface area contributed by atoms with Crippen LogP contribution in [0.4, 0.5) is 0 Å². The standard InChI is InChI=1S/C13H34NPSi2.Al.4ClH/c1-11(2)14(12(3)4)15-13(16(5,6)7)17(8,9)10;;;;;/h11-13,15H,1-10H3;;4*1H/q;+3;;;;/p-3. The molecule has 0 aromatic rings. The molecule has 22 heavy (non-hydrogen) atoms. The Morgan fingerprint density at radius 2 is 0.955 bits per heavy atom.